The van der Waals surface area contributed by atoms with Crippen LogP contribution < -0.4 is 10.6 Å². The number of rotatable bonds is 8. The summed E-state index contributed by atoms with van der Waals surface area (Å²) in [5.41, 5.74) is 4.94. The molecule has 1 aliphatic carbocycles. The summed E-state index contributed by atoms with van der Waals surface area (Å²) in [5, 5.41) is 24.0. The van der Waals surface area contributed by atoms with Crippen molar-refractivity contribution in [3.63, 3.8) is 0 Å². The fourth-order valence-electron chi connectivity index (χ4n) is 5.98. The zero-order chi connectivity index (χ0) is 26.0. The van der Waals surface area contributed by atoms with Crippen LogP contribution in [-0.2, 0) is 23.2 Å². The van der Waals surface area contributed by atoms with Crippen molar-refractivity contribution in [2.75, 3.05) is 38.5 Å². The first-order chi connectivity index (χ1) is 17.9. The SMILES string of the molecule is CN/C=C(\C=N)C(=O)Nc1ccc2c(c1)C(=O)N(CC(O)CN1CCc3ccccc3C1)CC21CCC1. The van der Waals surface area contributed by atoms with Crippen LogP contribution in [0, 0.1) is 5.41 Å². The van der Waals surface area contributed by atoms with E-state index in [4.69, 9.17) is 5.41 Å². The molecule has 1 unspecified atom stereocenters. The number of nitrogens with zero attached hydrogens (tertiary/aromatic N) is 2. The molecule has 5 rings (SSSR count). The van der Waals surface area contributed by atoms with Crippen LogP contribution in [0.4, 0.5) is 5.69 Å². The molecule has 2 heterocycles. The zero-order valence-corrected chi connectivity index (χ0v) is 21.3. The molecule has 1 saturated carbocycles. The molecule has 0 bridgehead atoms. The molecule has 8 heteroatoms. The number of nitrogens with one attached hydrogen (secondary N) is 3. The first-order valence-electron chi connectivity index (χ1n) is 13.0. The van der Waals surface area contributed by atoms with Gasteiger partial charge in [-0.3, -0.25) is 14.5 Å². The Bertz CT molecular complexity index is 1240. The first-order valence-corrected chi connectivity index (χ1v) is 13.0. The Balaban J connectivity index is 1.30. The lowest BCUT2D eigenvalue weighted by Crippen LogP contribution is -2.55. The molecular formula is C29H35N5O3. The van der Waals surface area contributed by atoms with Crippen molar-refractivity contribution in [2.45, 2.75) is 43.7 Å². The topological polar surface area (TPSA) is 109 Å². The van der Waals surface area contributed by atoms with Gasteiger partial charge in [0.05, 0.1) is 11.7 Å². The van der Waals surface area contributed by atoms with Crippen molar-refractivity contribution in [1.82, 2.24) is 15.1 Å². The van der Waals surface area contributed by atoms with E-state index in [1.807, 2.05) is 12.1 Å². The predicted octanol–water partition coefficient (Wildman–Crippen LogP) is 2.67. The molecular weight excluding hydrogens is 466 g/mol. The van der Waals surface area contributed by atoms with Gasteiger partial charge in [0.2, 0.25) is 0 Å². The molecule has 194 valence electrons. The second-order valence-corrected chi connectivity index (χ2v) is 10.5. The van der Waals surface area contributed by atoms with Gasteiger partial charge in [-0.1, -0.05) is 36.8 Å². The van der Waals surface area contributed by atoms with Crippen molar-refractivity contribution in [2.24, 2.45) is 0 Å². The Morgan fingerprint density at radius 1 is 1.19 bits per heavy atom. The average Bonchev–Trinajstić information content (AvgIpc) is 2.88. The van der Waals surface area contributed by atoms with Gasteiger partial charge in [-0.25, -0.2) is 0 Å². The minimum Gasteiger partial charge on any atom is -0.393 e. The number of carbonyl (C=O) groups is 2. The first kappa shape index (κ1) is 25.2. The normalized spacial score (nSPS) is 19.5. The number of carbonyl (C=O) groups excluding carboxylic acids is 2. The number of β-amino-alcohol motifs (C(OH)–C–C–N with tert-alkyl or cyclic N) is 1. The average molecular weight is 502 g/mol. The molecule has 0 saturated heterocycles. The Morgan fingerprint density at radius 2 is 1.97 bits per heavy atom. The molecule has 37 heavy (non-hydrogen) atoms. The van der Waals surface area contributed by atoms with Crippen LogP contribution in [0.15, 0.2) is 54.2 Å². The number of benzene rings is 2. The van der Waals surface area contributed by atoms with E-state index in [0.29, 0.717) is 24.3 Å². The maximum atomic E-state index is 13.6. The van der Waals surface area contributed by atoms with Crippen LogP contribution in [-0.4, -0.2) is 72.3 Å². The van der Waals surface area contributed by atoms with Gasteiger partial charge in [0.15, 0.2) is 0 Å². The summed E-state index contributed by atoms with van der Waals surface area (Å²) in [4.78, 5) is 30.2. The van der Waals surface area contributed by atoms with Gasteiger partial charge in [0.1, 0.15) is 0 Å². The summed E-state index contributed by atoms with van der Waals surface area (Å²) in [5.74, 6) is -0.522. The van der Waals surface area contributed by atoms with E-state index in [9.17, 15) is 14.7 Å². The van der Waals surface area contributed by atoms with E-state index in [2.05, 4.69) is 39.8 Å². The molecule has 1 spiro atoms. The third-order valence-electron chi connectivity index (χ3n) is 8.00. The summed E-state index contributed by atoms with van der Waals surface area (Å²) in [7, 11) is 1.67. The lowest BCUT2D eigenvalue weighted by molar-refractivity contribution is -0.112. The number of anilines is 1. The molecule has 2 aromatic carbocycles. The smallest absolute Gasteiger partial charge is 0.258 e. The maximum Gasteiger partial charge on any atom is 0.258 e. The van der Waals surface area contributed by atoms with Crippen LogP contribution >= 0.6 is 0 Å². The van der Waals surface area contributed by atoms with Crippen molar-refractivity contribution in [3.05, 3.63) is 76.5 Å². The fraction of sp³-hybridized carbons (Fsp3) is 0.414. The molecule has 1 atom stereocenters. The number of aliphatic hydroxyl groups excluding tert-OH is 1. The molecule has 0 radical (unpaired) electrons. The van der Waals surface area contributed by atoms with E-state index in [0.717, 1.165) is 50.6 Å². The predicted molar refractivity (Wildman–Crippen MR) is 144 cm³/mol. The fourth-order valence-corrected chi connectivity index (χ4v) is 5.98. The molecule has 8 nitrogen and oxygen atoms in total. The van der Waals surface area contributed by atoms with E-state index in [1.54, 1.807) is 18.0 Å². The van der Waals surface area contributed by atoms with Crippen LogP contribution in [0.1, 0.15) is 46.3 Å². The van der Waals surface area contributed by atoms with Crippen molar-refractivity contribution < 1.29 is 14.7 Å². The molecule has 3 aliphatic rings. The van der Waals surface area contributed by atoms with Gasteiger partial charge >= 0.3 is 0 Å². The number of fused-ring (bicyclic) bond motifs is 3. The summed E-state index contributed by atoms with van der Waals surface area (Å²) in [6, 6.07) is 14.0. The lowest BCUT2D eigenvalue weighted by Gasteiger charge is -2.50. The molecule has 4 N–H and O–H groups in total. The third kappa shape index (κ3) is 5.04. The van der Waals surface area contributed by atoms with Crippen molar-refractivity contribution in [3.8, 4) is 0 Å². The molecule has 1 fully saturated rings. The highest BCUT2D eigenvalue weighted by atomic mass is 16.3. The van der Waals surface area contributed by atoms with Gasteiger partial charge in [0.25, 0.3) is 11.8 Å². The van der Waals surface area contributed by atoms with E-state index >= 15 is 0 Å². The van der Waals surface area contributed by atoms with Gasteiger partial charge < -0.3 is 26.0 Å². The quantitative estimate of drug-likeness (QED) is 0.329. The van der Waals surface area contributed by atoms with Crippen LogP contribution in [0.2, 0.25) is 0 Å². The minimum absolute atomic E-state index is 0.0816. The molecule has 0 aromatic heterocycles. The highest BCUT2D eigenvalue weighted by Gasteiger charge is 2.47. The summed E-state index contributed by atoms with van der Waals surface area (Å²) < 4.78 is 0. The third-order valence-corrected chi connectivity index (χ3v) is 8.00. The Morgan fingerprint density at radius 3 is 2.68 bits per heavy atom. The Hall–Kier alpha value is -3.49. The monoisotopic (exact) mass is 501 g/mol. The highest BCUT2D eigenvalue weighted by molar-refractivity contribution is 6.17. The summed E-state index contributed by atoms with van der Waals surface area (Å²) in [6.07, 6.45) is 5.92. The van der Waals surface area contributed by atoms with Crippen molar-refractivity contribution in [1.29, 1.82) is 5.41 Å². The zero-order valence-electron chi connectivity index (χ0n) is 21.3. The maximum absolute atomic E-state index is 13.6. The number of hydrogen-bond donors (Lipinski definition) is 4. The van der Waals surface area contributed by atoms with Crippen LogP contribution in [0.25, 0.3) is 0 Å². The number of amides is 2. The lowest BCUT2D eigenvalue weighted by atomic mass is 9.61. The van der Waals surface area contributed by atoms with E-state index in [-0.39, 0.29) is 23.4 Å². The summed E-state index contributed by atoms with van der Waals surface area (Å²) in [6.45, 7) is 3.15. The highest BCUT2D eigenvalue weighted by Crippen LogP contribution is 2.48. The van der Waals surface area contributed by atoms with Crippen LogP contribution in [0.5, 0.6) is 0 Å². The largest absolute Gasteiger partial charge is 0.393 e. The van der Waals surface area contributed by atoms with Crippen molar-refractivity contribution >= 4 is 23.7 Å². The van der Waals surface area contributed by atoms with E-state index in [1.165, 1.54) is 17.3 Å². The van der Waals surface area contributed by atoms with Crippen LogP contribution in [0.3, 0.4) is 0 Å². The number of hydrogen-bond acceptors (Lipinski definition) is 6. The Labute approximate surface area is 217 Å². The molecule has 2 aromatic rings. The van der Waals surface area contributed by atoms with Gasteiger partial charge in [-0.15, -0.1) is 0 Å². The molecule has 2 amide bonds. The number of aliphatic hydroxyl groups is 1. The minimum atomic E-state index is -0.641. The Kier molecular flexibility index (Phi) is 7.13. The van der Waals surface area contributed by atoms with Gasteiger partial charge in [-0.2, -0.15) is 0 Å². The van der Waals surface area contributed by atoms with Gasteiger partial charge in [0, 0.05) is 68.9 Å². The van der Waals surface area contributed by atoms with E-state index < -0.39 is 12.0 Å². The standard InChI is InChI=1S/C29H35N5O3/c1-31-15-22(14-30)27(36)32-23-7-8-26-25(13-23)28(37)34(19-29(26)10-4-11-29)18-24(35)17-33-12-9-20-5-2-3-6-21(20)16-33/h2-3,5-8,13-15,24,30-31,35H,4,9-12,16-19H2,1H3,(H,32,36)/b22-15+,30-14?. The van der Waals surface area contributed by atoms with Gasteiger partial charge in [-0.05, 0) is 48.1 Å². The molecule has 2 aliphatic heterocycles. The summed E-state index contributed by atoms with van der Waals surface area (Å²) >= 11 is 0. The second kappa shape index (κ2) is 10.5. The second-order valence-electron chi connectivity index (χ2n) is 10.5.